The van der Waals surface area contributed by atoms with E-state index in [1.54, 1.807) is 37.4 Å². The summed E-state index contributed by atoms with van der Waals surface area (Å²) in [6, 6.07) is 12.3. The summed E-state index contributed by atoms with van der Waals surface area (Å²) in [4.78, 5) is 15.9. The van der Waals surface area contributed by atoms with Crippen molar-refractivity contribution in [2.75, 3.05) is 20.1 Å². The summed E-state index contributed by atoms with van der Waals surface area (Å²) in [7, 11) is 1.61. The van der Waals surface area contributed by atoms with E-state index in [4.69, 9.17) is 0 Å². The Hall–Kier alpha value is -2.23. The fourth-order valence-corrected chi connectivity index (χ4v) is 2.27. The summed E-state index contributed by atoms with van der Waals surface area (Å²) >= 11 is 0. The first-order valence-corrected chi connectivity index (χ1v) is 8.27. The molecule has 2 aromatic carbocycles. The van der Waals surface area contributed by atoms with Crippen LogP contribution < -0.4 is 16.0 Å². The smallest absolute Gasteiger partial charge is 0.224 e. The lowest BCUT2D eigenvalue weighted by Gasteiger charge is -2.12. The van der Waals surface area contributed by atoms with Gasteiger partial charge in [0.25, 0.3) is 0 Å². The van der Waals surface area contributed by atoms with Crippen LogP contribution in [0.4, 0.5) is 8.78 Å². The zero-order valence-corrected chi connectivity index (χ0v) is 17.3. The van der Waals surface area contributed by atoms with Gasteiger partial charge in [-0.3, -0.25) is 9.79 Å². The summed E-state index contributed by atoms with van der Waals surface area (Å²) in [5, 5.41) is 8.82. The van der Waals surface area contributed by atoms with Crippen LogP contribution in [0.25, 0.3) is 0 Å². The summed E-state index contributed by atoms with van der Waals surface area (Å²) in [5.74, 6) is -0.232. The Morgan fingerprint density at radius 3 is 2.30 bits per heavy atom. The second-order valence-electron chi connectivity index (χ2n) is 5.60. The molecule has 0 bridgehead atoms. The molecule has 0 unspecified atom stereocenters. The average molecular weight is 488 g/mol. The van der Waals surface area contributed by atoms with E-state index in [1.165, 1.54) is 18.2 Å². The molecule has 27 heavy (non-hydrogen) atoms. The number of amides is 1. The van der Waals surface area contributed by atoms with Crippen LogP contribution >= 0.6 is 24.0 Å². The highest BCUT2D eigenvalue weighted by atomic mass is 127. The van der Waals surface area contributed by atoms with E-state index >= 15 is 0 Å². The Morgan fingerprint density at radius 1 is 0.963 bits per heavy atom. The number of benzene rings is 2. The van der Waals surface area contributed by atoms with Gasteiger partial charge in [-0.25, -0.2) is 8.78 Å². The molecule has 2 aromatic rings. The highest BCUT2D eigenvalue weighted by molar-refractivity contribution is 14.0. The highest BCUT2D eigenvalue weighted by Gasteiger charge is 2.04. The number of aliphatic imine (C=N–C) groups is 1. The van der Waals surface area contributed by atoms with Crippen LogP contribution in [0.3, 0.4) is 0 Å². The zero-order chi connectivity index (χ0) is 18.8. The van der Waals surface area contributed by atoms with Crippen molar-refractivity contribution in [3.8, 4) is 0 Å². The molecule has 0 heterocycles. The number of hydrogen-bond acceptors (Lipinski definition) is 2. The molecule has 0 aliphatic carbocycles. The predicted octanol–water partition coefficient (Wildman–Crippen LogP) is 2.61. The van der Waals surface area contributed by atoms with Crippen LogP contribution in [-0.4, -0.2) is 32.0 Å². The van der Waals surface area contributed by atoms with Crippen molar-refractivity contribution in [2.45, 2.75) is 13.0 Å². The molecule has 0 atom stereocenters. The van der Waals surface area contributed by atoms with Gasteiger partial charge in [-0.2, -0.15) is 0 Å². The number of nitrogens with zero attached hydrogens (tertiary/aromatic N) is 1. The molecule has 0 radical (unpaired) electrons. The van der Waals surface area contributed by atoms with E-state index in [-0.39, 0.29) is 47.9 Å². The molecule has 0 fully saturated rings. The van der Waals surface area contributed by atoms with E-state index in [1.807, 2.05) is 0 Å². The number of rotatable bonds is 7. The summed E-state index contributed by atoms with van der Waals surface area (Å²) in [6.07, 6.45) is 0.195. The molecular formula is C19H23F2IN4O. The van der Waals surface area contributed by atoms with Crippen molar-refractivity contribution in [2.24, 2.45) is 4.99 Å². The lowest BCUT2D eigenvalue weighted by molar-refractivity contribution is -0.120. The Kier molecular flexibility index (Phi) is 10.3. The quantitative estimate of drug-likeness (QED) is 0.243. The SMILES string of the molecule is CN=C(NCCNC(=O)Cc1ccc(F)cc1)NCc1ccccc1F.I. The third kappa shape index (κ3) is 8.33. The molecule has 0 saturated carbocycles. The van der Waals surface area contributed by atoms with Gasteiger partial charge in [0.2, 0.25) is 5.91 Å². The zero-order valence-electron chi connectivity index (χ0n) is 15.0. The van der Waals surface area contributed by atoms with E-state index in [0.29, 0.717) is 31.2 Å². The van der Waals surface area contributed by atoms with Crippen molar-refractivity contribution in [3.63, 3.8) is 0 Å². The topological polar surface area (TPSA) is 65.5 Å². The molecule has 146 valence electrons. The Balaban J connectivity index is 0.00000364. The predicted molar refractivity (Wildman–Crippen MR) is 113 cm³/mol. The number of halogens is 3. The minimum absolute atomic E-state index is 0. The first-order valence-electron chi connectivity index (χ1n) is 8.27. The minimum atomic E-state index is -0.326. The van der Waals surface area contributed by atoms with Crippen LogP contribution in [0, 0.1) is 11.6 Å². The molecule has 2 rings (SSSR count). The third-order valence-corrected chi connectivity index (χ3v) is 3.65. The van der Waals surface area contributed by atoms with Gasteiger partial charge in [-0.05, 0) is 23.8 Å². The highest BCUT2D eigenvalue weighted by Crippen LogP contribution is 2.05. The van der Waals surface area contributed by atoms with Gasteiger partial charge in [0, 0.05) is 32.2 Å². The van der Waals surface area contributed by atoms with Gasteiger partial charge in [-0.1, -0.05) is 30.3 Å². The van der Waals surface area contributed by atoms with E-state index < -0.39 is 0 Å². The molecule has 3 N–H and O–H groups in total. The second-order valence-corrected chi connectivity index (χ2v) is 5.60. The maximum absolute atomic E-state index is 13.6. The molecule has 8 heteroatoms. The monoisotopic (exact) mass is 488 g/mol. The molecule has 0 aromatic heterocycles. The van der Waals surface area contributed by atoms with Crippen molar-refractivity contribution in [1.29, 1.82) is 0 Å². The first-order chi connectivity index (χ1) is 12.6. The Morgan fingerprint density at radius 2 is 1.63 bits per heavy atom. The number of carbonyl (C=O) groups excluding carboxylic acids is 1. The van der Waals surface area contributed by atoms with E-state index in [9.17, 15) is 13.6 Å². The maximum atomic E-state index is 13.6. The summed E-state index contributed by atoms with van der Waals surface area (Å²) in [5.41, 5.74) is 1.29. The molecule has 0 aliphatic heterocycles. The number of hydrogen-bond donors (Lipinski definition) is 3. The van der Waals surface area contributed by atoms with Crippen LogP contribution in [0.1, 0.15) is 11.1 Å². The first kappa shape index (κ1) is 22.8. The lowest BCUT2D eigenvalue weighted by Crippen LogP contribution is -2.41. The average Bonchev–Trinajstić information content (AvgIpc) is 2.64. The molecule has 0 spiro atoms. The fraction of sp³-hybridized carbons (Fsp3) is 0.263. The number of nitrogens with one attached hydrogen (secondary N) is 3. The van der Waals surface area contributed by atoms with Crippen molar-refractivity contribution in [1.82, 2.24) is 16.0 Å². The van der Waals surface area contributed by atoms with E-state index in [0.717, 1.165) is 5.56 Å². The fourth-order valence-electron chi connectivity index (χ4n) is 2.27. The largest absolute Gasteiger partial charge is 0.355 e. The normalized spacial score (nSPS) is 10.7. The van der Waals surface area contributed by atoms with Crippen LogP contribution in [0.2, 0.25) is 0 Å². The van der Waals surface area contributed by atoms with Gasteiger partial charge < -0.3 is 16.0 Å². The number of carbonyl (C=O) groups is 1. The number of guanidine groups is 1. The van der Waals surface area contributed by atoms with Gasteiger partial charge in [0.1, 0.15) is 11.6 Å². The van der Waals surface area contributed by atoms with Gasteiger partial charge in [-0.15, -0.1) is 24.0 Å². The molecule has 0 aliphatic rings. The Bertz CT molecular complexity index is 754. The maximum Gasteiger partial charge on any atom is 0.224 e. The summed E-state index contributed by atoms with van der Waals surface area (Å²) in [6.45, 7) is 1.18. The minimum Gasteiger partial charge on any atom is -0.355 e. The van der Waals surface area contributed by atoms with E-state index in [2.05, 4.69) is 20.9 Å². The molecule has 5 nitrogen and oxygen atoms in total. The van der Waals surface area contributed by atoms with Gasteiger partial charge in [0.15, 0.2) is 5.96 Å². The lowest BCUT2D eigenvalue weighted by atomic mass is 10.1. The van der Waals surface area contributed by atoms with Crippen molar-refractivity contribution >= 4 is 35.8 Å². The molecule has 1 amide bonds. The molecule has 0 saturated heterocycles. The van der Waals surface area contributed by atoms with Crippen molar-refractivity contribution in [3.05, 3.63) is 71.3 Å². The van der Waals surface area contributed by atoms with Gasteiger partial charge in [0.05, 0.1) is 6.42 Å². The van der Waals surface area contributed by atoms with Crippen LogP contribution in [0.15, 0.2) is 53.5 Å². The standard InChI is InChI=1S/C19H22F2N4O.HI/c1-22-19(25-13-15-4-2-3-5-17(15)21)24-11-10-23-18(26)12-14-6-8-16(20)9-7-14;/h2-9H,10-13H2,1H3,(H,23,26)(H2,22,24,25);1H. The van der Waals surface area contributed by atoms with Crippen LogP contribution in [0.5, 0.6) is 0 Å². The van der Waals surface area contributed by atoms with Crippen molar-refractivity contribution < 1.29 is 13.6 Å². The summed E-state index contributed by atoms with van der Waals surface area (Å²) < 4.78 is 26.4. The Labute approximate surface area is 174 Å². The van der Waals surface area contributed by atoms with Gasteiger partial charge >= 0.3 is 0 Å². The molecular weight excluding hydrogens is 465 g/mol. The van der Waals surface area contributed by atoms with Crippen LogP contribution in [-0.2, 0) is 17.8 Å². The second kappa shape index (κ2) is 12.2. The third-order valence-electron chi connectivity index (χ3n) is 3.65.